The van der Waals surface area contributed by atoms with E-state index < -0.39 is 0 Å². The second kappa shape index (κ2) is 3.34. The van der Waals surface area contributed by atoms with Gasteiger partial charge in [-0.25, -0.2) is 4.39 Å². The third kappa shape index (κ3) is 1.40. The Kier molecular flexibility index (Phi) is 2.19. The summed E-state index contributed by atoms with van der Waals surface area (Å²) in [5.41, 5.74) is 0.719. The average Bonchev–Trinajstić information content (AvgIpc) is 2.51. The van der Waals surface area contributed by atoms with Crippen LogP contribution in [-0.4, -0.2) is 20.2 Å². The maximum absolute atomic E-state index is 13.4. The number of likely N-dealkylation sites (N-methyl/N-ethyl adjacent to an activating group) is 1. The molecular weight excluding hydrogens is 169 g/mol. The SMILES string of the molecule is CNCC1COc2cccc(F)c21. The first-order valence-electron chi connectivity index (χ1n) is 4.38. The van der Waals surface area contributed by atoms with Crippen molar-refractivity contribution < 1.29 is 9.13 Å². The number of fused-ring (bicyclic) bond motifs is 1. The van der Waals surface area contributed by atoms with E-state index in [-0.39, 0.29) is 11.7 Å². The first-order valence-corrected chi connectivity index (χ1v) is 4.38. The summed E-state index contributed by atoms with van der Waals surface area (Å²) < 4.78 is 18.7. The van der Waals surface area contributed by atoms with Crippen molar-refractivity contribution in [3.63, 3.8) is 0 Å². The predicted octanol–water partition coefficient (Wildman–Crippen LogP) is 1.52. The van der Waals surface area contributed by atoms with Crippen molar-refractivity contribution >= 4 is 0 Å². The number of rotatable bonds is 2. The standard InChI is InChI=1S/C10H12FNO/c1-12-5-7-6-13-9-4-2-3-8(11)10(7)9/h2-4,7,12H,5-6H2,1H3. The minimum Gasteiger partial charge on any atom is -0.492 e. The van der Waals surface area contributed by atoms with Crippen LogP contribution in [0.5, 0.6) is 5.75 Å². The number of nitrogens with one attached hydrogen (secondary N) is 1. The number of hydrogen-bond acceptors (Lipinski definition) is 2. The van der Waals surface area contributed by atoms with Gasteiger partial charge in [-0.15, -0.1) is 0 Å². The maximum Gasteiger partial charge on any atom is 0.130 e. The van der Waals surface area contributed by atoms with E-state index >= 15 is 0 Å². The molecule has 0 spiro atoms. The molecule has 0 amide bonds. The van der Waals surface area contributed by atoms with Crippen LogP contribution in [-0.2, 0) is 0 Å². The minimum absolute atomic E-state index is 0.154. The van der Waals surface area contributed by atoms with Crippen molar-refractivity contribution in [1.82, 2.24) is 5.32 Å². The van der Waals surface area contributed by atoms with Crippen molar-refractivity contribution in [2.24, 2.45) is 0 Å². The molecule has 1 aromatic rings. The van der Waals surface area contributed by atoms with Crippen molar-refractivity contribution in [2.45, 2.75) is 5.92 Å². The molecule has 1 unspecified atom stereocenters. The van der Waals surface area contributed by atoms with E-state index in [1.165, 1.54) is 6.07 Å². The summed E-state index contributed by atoms with van der Waals surface area (Å²) in [5.74, 6) is 0.691. The van der Waals surface area contributed by atoms with Gasteiger partial charge in [0.1, 0.15) is 11.6 Å². The van der Waals surface area contributed by atoms with E-state index in [1.807, 2.05) is 13.1 Å². The Balaban J connectivity index is 2.34. The van der Waals surface area contributed by atoms with Gasteiger partial charge in [0.25, 0.3) is 0 Å². The summed E-state index contributed by atoms with van der Waals surface area (Å²) in [6.45, 7) is 1.34. The van der Waals surface area contributed by atoms with Gasteiger partial charge in [0.05, 0.1) is 6.61 Å². The monoisotopic (exact) mass is 181 g/mol. The molecule has 0 aromatic heterocycles. The highest BCUT2D eigenvalue weighted by molar-refractivity contribution is 5.40. The Labute approximate surface area is 76.7 Å². The summed E-state index contributed by atoms with van der Waals surface area (Å²) in [4.78, 5) is 0. The van der Waals surface area contributed by atoms with Crippen LogP contribution in [0.3, 0.4) is 0 Å². The first-order chi connectivity index (χ1) is 6.33. The molecule has 1 heterocycles. The molecule has 0 saturated carbocycles. The number of halogens is 1. The van der Waals surface area contributed by atoms with Crippen LogP contribution in [0.4, 0.5) is 4.39 Å². The molecule has 1 atom stereocenters. The fraction of sp³-hybridized carbons (Fsp3) is 0.400. The lowest BCUT2D eigenvalue weighted by molar-refractivity contribution is 0.328. The lowest BCUT2D eigenvalue weighted by Gasteiger charge is -2.07. The minimum atomic E-state index is -0.157. The molecule has 3 heteroatoms. The smallest absolute Gasteiger partial charge is 0.130 e. The van der Waals surface area contributed by atoms with Crippen LogP contribution in [0, 0.1) is 5.82 Å². The molecule has 0 aliphatic carbocycles. The summed E-state index contributed by atoms with van der Waals surface area (Å²) in [7, 11) is 1.86. The molecule has 0 bridgehead atoms. The third-order valence-electron chi connectivity index (χ3n) is 2.31. The molecule has 1 aliphatic heterocycles. The van der Waals surface area contributed by atoms with Crippen LogP contribution in [0.25, 0.3) is 0 Å². The highest BCUT2D eigenvalue weighted by Gasteiger charge is 2.26. The van der Waals surface area contributed by atoms with Gasteiger partial charge in [0.15, 0.2) is 0 Å². The van der Waals surface area contributed by atoms with Crippen molar-refractivity contribution in [2.75, 3.05) is 20.2 Å². The fourth-order valence-corrected chi connectivity index (χ4v) is 1.72. The molecule has 0 fully saturated rings. The van der Waals surface area contributed by atoms with E-state index in [4.69, 9.17) is 4.74 Å². The Morgan fingerprint density at radius 3 is 3.23 bits per heavy atom. The van der Waals surface area contributed by atoms with Gasteiger partial charge in [0.2, 0.25) is 0 Å². The van der Waals surface area contributed by atoms with E-state index in [9.17, 15) is 4.39 Å². The normalized spacial score (nSPS) is 19.7. The van der Waals surface area contributed by atoms with Gasteiger partial charge in [-0.3, -0.25) is 0 Å². The lowest BCUT2D eigenvalue weighted by Crippen LogP contribution is -2.18. The summed E-state index contributed by atoms with van der Waals surface area (Å²) >= 11 is 0. The van der Waals surface area contributed by atoms with Crippen LogP contribution in [0.15, 0.2) is 18.2 Å². The lowest BCUT2D eigenvalue weighted by atomic mass is 10.0. The highest BCUT2D eigenvalue weighted by atomic mass is 19.1. The van der Waals surface area contributed by atoms with Crippen LogP contribution >= 0.6 is 0 Å². The Bertz CT molecular complexity index is 312. The highest BCUT2D eigenvalue weighted by Crippen LogP contribution is 2.35. The third-order valence-corrected chi connectivity index (χ3v) is 2.31. The number of benzene rings is 1. The van der Waals surface area contributed by atoms with Gasteiger partial charge in [0, 0.05) is 18.0 Å². The van der Waals surface area contributed by atoms with Gasteiger partial charge >= 0.3 is 0 Å². The molecule has 2 rings (SSSR count). The van der Waals surface area contributed by atoms with E-state index in [2.05, 4.69) is 5.32 Å². The zero-order valence-corrected chi connectivity index (χ0v) is 7.51. The van der Waals surface area contributed by atoms with E-state index in [0.29, 0.717) is 12.4 Å². The molecule has 70 valence electrons. The van der Waals surface area contributed by atoms with Gasteiger partial charge in [-0.2, -0.15) is 0 Å². The summed E-state index contributed by atoms with van der Waals surface area (Å²) in [6, 6.07) is 4.97. The van der Waals surface area contributed by atoms with Crippen LogP contribution < -0.4 is 10.1 Å². The van der Waals surface area contributed by atoms with E-state index in [0.717, 1.165) is 12.1 Å². The molecule has 1 N–H and O–H groups in total. The molecule has 0 radical (unpaired) electrons. The number of hydrogen-bond donors (Lipinski definition) is 1. The van der Waals surface area contributed by atoms with Gasteiger partial charge in [-0.05, 0) is 19.2 Å². The summed E-state index contributed by atoms with van der Waals surface area (Å²) in [6.07, 6.45) is 0. The maximum atomic E-state index is 13.4. The fourth-order valence-electron chi connectivity index (χ4n) is 1.72. The Morgan fingerprint density at radius 1 is 1.62 bits per heavy atom. The van der Waals surface area contributed by atoms with Crippen molar-refractivity contribution in [3.8, 4) is 5.75 Å². The van der Waals surface area contributed by atoms with Gasteiger partial charge in [-0.1, -0.05) is 6.07 Å². The van der Waals surface area contributed by atoms with Crippen LogP contribution in [0.1, 0.15) is 11.5 Å². The zero-order valence-electron chi connectivity index (χ0n) is 7.51. The Morgan fingerprint density at radius 2 is 2.46 bits per heavy atom. The molecule has 2 nitrogen and oxygen atoms in total. The molecular formula is C10H12FNO. The Hall–Kier alpha value is -1.09. The second-order valence-corrected chi connectivity index (χ2v) is 3.22. The van der Waals surface area contributed by atoms with Crippen LogP contribution in [0.2, 0.25) is 0 Å². The van der Waals surface area contributed by atoms with E-state index in [1.54, 1.807) is 6.07 Å². The average molecular weight is 181 g/mol. The quantitative estimate of drug-likeness (QED) is 0.747. The summed E-state index contributed by atoms with van der Waals surface area (Å²) in [5, 5.41) is 3.03. The topological polar surface area (TPSA) is 21.3 Å². The zero-order chi connectivity index (χ0) is 9.26. The molecule has 1 aromatic carbocycles. The second-order valence-electron chi connectivity index (χ2n) is 3.22. The molecule has 0 saturated heterocycles. The number of ether oxygens (including phenoxy) is 1. The van der Waals surface area contributed by atoms with Crippen molar-refractivity contribution in [3.05, 3.63) is 29.6 Å². The predicted molar refractivity (Wildman–Crippen MR) is 48.6 cm³/mol. The van der Waals surface area contributed by atoms with Gasteiger partial charge < -0.3 is 10.1 Å². The first kappa shape index (κ1) is 8.51. The molecule has 13 heavy (non-hydrogen) atoms. The molecule has 1 aliphatic rings. The largest absolute Gasteiger partial charge is 0.492 e. The van der Waals surface area contributed by atoms with Crippen molar-refractivity contribution in [1.29, 1.82) is 0 Å².